The Bertz CT molecular complexity index is 820. The van der Waals surface area contributed by atoms with Crippen LogP contribution in [0.1, 0.15) is 10.4 Å². The van der Waals surface area contributed by atoms with E-state index in [1.54, 1.807) is 23.6 Å². The Labute approximate surface area is 148 Å². The third-order valence-electron chi connectivity index (χ3n) is 2.95. The molecule has 2 amide bonds. The number of thiophene rings is 1. The fourth-order valence-corrected chi connectivity index (χ4v) is 4.14. The Balaban J connectivity index is 1.89. The van der Waals surface area contributed by atoms with Gasteiger partial charge in [-0.15, -0.1) is 11.3 Å². The highest BCUT2D eigenvalue weighted by molar-refractivity contribution is 7.91. The van der Waals surface area contributed by atoms with E-state index in [0.29, 0.717) is 10.6 Å². The molecular formula is C14H14ClN3O4S2. The van der Waals surface area contributed by atoms with Crippen LogP contribution in [0.25, 0.3) is 0 Å². The van der Waals surface area contributed by atoms with Crippen LogP contribution in [0.5, 0.6) is 0 Å². The summed E-state index contributed by atoms with van der Waals surface area (Å²) in [5.41, 5.74) is 4.68. The highest BCUT2D eigenvalue weighted by Crippen LogP contribution is 2.19. The second-order valence-electron chi connectivity index (χ2n) is 4.70. The lowest BCUT2D eigenvalue weighted by molar-refractivity contribution is -0.121. The van der Waals surface area contributed by atoms with Crippen LogP contribution in [0.15, 0.2) is 46.0 Å². The zero-order valence-electron chi connectivity index (χ0n) is 12.5. The van der Waals surface area contributed by atoms with Crippen molar-refractivity contribution in [2.75, 3.05) is 13.6 Å². The van der Waals surface area contributed by atoms with Crippen molar-refractivity contribution in [1.82, 2.24) is 15.2 Å². The van der Waals surface area contributed by atoms with Crippen LogP contribution in [0, 0.1) is 0 Å². The quantitative estimate of drug-likeness (QED) is 0.759. The third kappa shape index (κ3) is 4.54. The molecule has 0 unspecified atom stereocenters. The van der Waals surface area contributed by atoms with Crippen molar-refractivity contribution in [3.63, 3.8) is 0 Å². The summed E-state index contributed by atoms with van der Waals surface area (Å²) in [7, 11) is -2.44. The second-order valence-corrected chi connectivity index (χ2v) is 8.36. The van der Waals surface area contributed by atoms with Crippen molar-refractivity contribution in [3.8, 4) is 0 Å². The fraction of sp³-hybridized carbons (Fsp3) is 0.143. The van der Waals surface area contributed by atoms with Gasteiger partial charge in [0.05, 0.1) is 6.54 Å². The summed E-state index contributed by atoms with van der Waals surface area (Å²) >= 11 is 6.78. The number of sulfonamides is 1. The van der Waals surface area contributed by atoms with E-state index < -0.39 is 28.4 Å². The minimum atomic E-state index is -3.72. The van der Waals surface area contributed by atoms with Gasteiger partial charge < -0.3 is 0 Å². The fourth-order valence-electron chi connectivity index (χ4n) is 1.69. The first-order valence-electron chi connectivity index (χ1n) is 6.65. The molecule has 2 rings (SSSR count). The monoisotopic (exact) mass is 387 g/mol. The van der Waals surface area contributed by atoms with Crippen LogP contribution < -0.4 is 10.9 Å². The van der Waals surface area contributed by atoms with Crippen LogP contribution in [0.3, 0.4) is 0 Å². The Hall–Kier alpha value is -1.94. The number of likely N-dealkylation sites (N-methyl/N-ethyl adjacent to an activating group) is 1. The molecular weight excluding hydrogens is 374 g/mol. The van der Waals surface area contributed by atoms with Crippen LogP contribution in [0.4, 0.5) is 0 Å². The maximum Gasteiger partial charge on any atom is 0.269 e. The van der Waals surface area contributed by atoms with Gasteiger partial charge in [-0.3, -0.25) is 20.4 Å². The van der Waals surface area contributed by atoms with E-state index in [-0.39, 0.29) is 4.21 Å². The summed E-state index contributed by atoms with van der Waals surface area (Å²) in [4.78, 5) is 23.6. The molecule has 10 heteroatoms. The molecule has 0 aliphatic rings. The topological polar surface area (TPSA) is 95.6 Å². The molecule has 0 aliphatic heterocycles. The number of rotatable bonds is 5. The Morgan fingerprint density at radius 3 is 2.42 bits per heavy atom. The van der Waals surface area contributed by atoms with Crippen LogP contribution in [0.2, 0.25) is 5.02 Å². The van der Waals surface area contributed by atoms with E-state index in [9.17, 15) is 18.0 Å². The zero-order valence-corrected chi connectivity index (χ0v) is 14.9. The molecule has 24 heavy (non-hydrogen) atoms. The van der Waals surface area contributed by atoms with E-state index in [4.69, 9.17) is 11.6 Å². The molecule has 2 N–H and O–H groups in total. The second kappa shape index (κ2) is 7.75. The highest BCUT2D eigenvalue weighted by atomic mass is 35.5. The Morgan fingerprint density at radius 1 is 1.17 bits per heavy atom. The minimum absolute atomic E-state index is 0.142. The molecule has 0 saturated heterocycles. The predicted octanol–water partition coefficient (Wildman–Crippen LogP) is 1.48. The van der Waals surface area contributed by atoms with Gasteiger partial charge in [0.2, 0.25) is 0 Å². The van der Waals surface area contributed by atoms with Crippen LogP contribution in [-0.2, 0) is 14.8 Å². The number of amides is 2. The lowest BCUT2D eigenvalue weighted by Crippen LogP contribution is -2.46. The minimum Gasteiger partial charge on any atom is -0.272 e. The van der Waals surface area contributed by atoms with Gasteiger partial charge in [0.25, 0.3) is 21.8 Å². The maximum absolute atomic E-state index is 12.2. The number of hydrogen-bond donors (Lipinski definition) is 2. The summed E-state index contributed by atoms with van der Waals surface area (Å²) in [5.74, 6) is -1.20. The first kappa shape index (κ1) is 18.4. The lowest BCUT2D eigenvalue weighted by Gasteiger charge is -2.15. The number of carbonyl (C=O) groups excluding carboxylic acids is 2. The van der Waals surface area contributed by atoms with Crippen molar-refractivity contribution in [3.05, 3.63) is 52.4 Å². The average Bonchev–Trinajstić information content (AvgIpc) is 3.08. The van der Waals surface area contributed by atoms with Crippen molar-refractivity contribution < 1.29 is 18.0 Å². The average molecular weight is 388 g/mol. The van der Waals surface area contributed by atoms with Gasteiger partial charge in [-0.05, 0) is 35.7 Å². The largest absolute Gasteiger partial charge is 0.272 e. The van der Waals surface area contributed by atoms with Gasteiger partial charge in [0, 0.05) is 17.6 Å². The Kier molecular flexibility index (Phi) is 5.94. The van der Waals surface area contributed by atoms with E-state index >= 15 is 0 Å². The van der Waals surface area contributed by atoms with E-state index in [1.165, 1.54) is 25.2 Å². The van der Waals surface area contributed by atoms with Gasteiger partial charge in [-0.2, -0.15) is 4.31 Å². The summed E-state index contributed by atoms with van der Waals surface area (Å²) < 4.78 is 25.4. The number of nitrogens with zero attached hydrogens (tertiary/aromatic N) is 1. The van der Waals surface area contributed by atoms with Crippen LogP contribution >= 0.6 is 22.9 Å². The number of hydrazine groups is 1. The molecule has 0 spiro atoms. The molecule has 128 valence electrons. The molecule has 0 bridgehead atoms. The van der Waals surface area contributed by atoms with Crippen molar-refractivity contribution in [2.24, 2.45) is 0 Å². The molecule has 0 aliphatic carbocycles. The van der Waals surface area contributed by atoms with Gasteiger partial charge in [0.1, 0.15) is 4.21 Å². The molecule has 1 aromatic carbocycles. The SMILES string of the molecule is CN(CC(=O)NNC(=O)c1ccc(Cl)cc1)S(=O)(=O)c1cccs1. The molecule has 0 fully saturated rings. The predicted molar refractivity (Wildman–Crippen MR) is 91.2 cm³/mol. The van der Waals surface area contributed by atoms with Crippen molar-refractivity contribution in [1.29, 1.82) is 0 Å². The van der Waals surface area contributed by atoms with E-state index in [0.717, 1.165) is 15.6 Å². The number of carbonyl (C=O) groups is 2. The van der Waals surface area contributed by atoms with E-state index in [1.807, 2.05) is 0 Å². The zero-order chi connectivity index (χ0) is 17.7. The van der Waals surface area contributed by atoms with Gasteiger partial charge in [-0.1, -0.05) is 17.7 Å². The summed E-state index contributed by atoms with van der Waals surface area (Å²) in [6.45, 7) is -0.429. The van der Waals surface area contributed by atoms with Gasteiger partial charge in [-0.25, -0.2) is 8.42 Å². The van der Waals surface area contributed by atoms with Crippen LogP contribution in [-0.4, -0.2) is 38.1 Å². The van der Waals surface area contributed by atoms with Gasteiger partial charge >= 0.3 is 0 Å². The highest BCUT2D eigenvalue weighted by Gasteiger charge is 2.23. The third-order valence-corrected chi connectivity index (χ3v) is 6.38. The van der Waals surface area contributed by atoms with Gasteiger partial charge in [0.15, 0.2) is 0 Å². The molecule has 2 aromatic rings. The van der Waals surface area contributed by atoms with Crippen molar-refractivity contribution in [2.45, 2.75) is 4.21 Å². The molecule has 1 aromatic heterocycles. The standard InChI is InChI=1S/C14H14ClN3O4S2/c1-18(24(21,22)13-3-2-8-23-13)9-12(19)16-17-14(20)10-4-6-11(15)7-5-10/h2-8H,9H2,1H3,(H,16,19)(H,17,20). The smallest absolute Gasteiger partial charge is 0.269 e. The Morgan fingerprint density at radius 2 is 1.83 bits per heavy atom. The normalized spacial score (nSPS) is 11.3. The number of halogens is 1. The summed E-state index contributed by atoms with van der Waals surface area (Å²) in [5, 5.41) is 2.11. The lowest BCUT2D eigenvalue weighted by atomic mass is 10.2. The first-order chi connectivity index (χ1) is 11.3. The molecule has 0 atom stereocenters. The van der Waals surface area contributed by atoms with E-state index in [2.05, 4.69) is 10.9 Å². The number of nitrogens with one attached hydrogen (secondary N) is 2. The first-order valence-corrected chi connectivity index (χ1v) is 9.35. The number of benzene rings is 1. The number of hydrogen-bond acceptors (Lipinski definition) is 5. The molecule has 0 radical (unpaired) electrons. The molecule has 0 saturated carbocycles. The maximum atomic E-state index is 12.2. The molecule has 1 heterocycles. The summed E-state index contributed by atoms with van der Waals surface area (Å²) in [6, 6.07) is 9.14. The summed E-state index contributed by atoms with van der Waals surface area (Å²) in [6.07, 6.45) is 0. The molecule has 7 nitrogen and oxygen atoms in total. The van der Waals surface area contributed by atoms with Crippen molar-refractivity contribution >= 4 is 44.8 Å².